The second kappa shape index (κ2) is 10.0. The Morgan fingerprint density at radius 2 is 1.87 bits per heavy atom. The first-order valence-electron chi connectivity index (χ1n) is 9.63. The number of halogens is 3. The maximum absolute atomic E-state index is 13.1. The van der Waals surface area contributed by atoms with Crippen molar-refractivity contribution >= 4 is 44.1 Å². The maximum Gasteiger partial charge on any atom is 0.260 e. The van der Waals surface area contributed by atoms with E-state index in [1.165, 1.54) is 12.1 Å². The summed E-state index contributed by atoms with van der Waals surface area (Å²) in [7, 11) is 0. The Hall–Kier alpha value is -1.77. The largest absolute Gasteiger partial charge is 0.482 e. The van der Waals surface area contributed by atoms with Crippen LogP contribution in [0.4, 0.5) is 4.39 Å². The van der Waals surface area contributed by atoms with Gasteiger partial charge in [0.2, 0.25) is 0 Å². The molecule has 2 atom stereocenters. The molecule has 1 saturated heterocycles. The molecule has 0 spiro atoms. The minimum absolute atomic E-state index is 0.0108. The van der Waals surface area contributed by atoms with Crippen molar-refractivity contribution in [1.29, 1.82) is 0 Å². The standard InChI is InChI=1S/C22H23Br2FN2O3/c1-14-10-27(15(2)9-26(14)11-16-3-5-19(25)6-4-16)21(29)13-30-22-17(12-28)7-18(23)8-20(22)24/h3-8,12,14-15H,9-11,13H2,1-2H3/t14-,15+/m1/s1. The van der Waals surface area contributed by atoms with Crippen LogP contribution in [0.1, 0.15) is 29.8 Å². The van der Waals surface area contributed by atoms with Gasteiger partial charge in [-0.05, 0) is 59.6 Å². The molecule has 0 aliphatic carbocycles. The number of nitrogens with zero attached hydrogens (tertiary/aromatic N) is 2. The third-order valence-corrected chi connectivity index (χ3v) is 6.29. The molecule has 1 fully saturated rings. The number of hydrogen-bond acceptors (Lipinski definition) is 4. The van der Waals surface area contributed by atoms with Gasteiger partial charge in [-0.25, -0.2) is 4.39 Å². The summed E-state index contributed by atoms with van der Waals surface area (Å²) >= 11 is 6.72. The number of hydrogen-bond donors (Lipinski definition) is 0. The quantitative estimate of drug-likeness (QED) is 0.499. The Morgan fingerprint density at radius 1 is 1.17 bits per heavy atom. The van der Waals surface area contributed by atoms with Gasteiger partial charge in [0.05, 0.1) is 10.0 Å². The number of amides is 1. The molecule has 1 amide bonds. The molecule has 1 heterocycles. The Morgan fingerprint density at radius 3 is 2.53 bits per heavy atom. The number of benzene rings is 2. The zero-order valence-electron chi connectivity index (χ0n) is 16.8. The van der Waals surface area contributed by atoms with Gasteiger partial charge in [0.25, 0.3) is 5.91 Å². The highest BCUT2D eigenvalue weighted by atomic mass is 79.9. The number of ether oxygens (including phenoxy) is 1. The van der Waals surface area contributed by atoms with Gasteiger partial charge in [0.15, 0.2) is 12.9 Å². The smallest absolute Gasteiger partial charge is 0.260 e. The van der Waals surface area contributed by atoms with Crippen molar-refractivity contribution in [2.45, 2.75) is 32.5 Å². The van der Waals surface area contributed by atoms with Gasteiger partial charge in [-0.3, -0.25) is 14.5 Å². The highest BCUT2D eigenvalue weighted by Gasteiger charge is 2.32. The van der Waals surface area contributed by atoms with Gasteiger partial charge in [0, 0.05) is 36.2 Å². The van der Waals surface area contributed by atoms with E-state index in [4.69, 9.17) is 4.74 Å². The fraction of sp³-hybridized carbons (Fsp3) is 0.364. The monoisotopic (exact) mass is 540 g/mol. The number of piperazine rings is 1. The van der Waals surface area contributed by atoms with E-state index >= 15 is 0 Å². The van der Waals surface area contributed by atoms with E-state index in [1.54, 1.807) is 24.3 Å². The molecule has 0 bridgehead atoms. The van der Waals surface area contributed by atoms with Crippen LogP contribution in [0.25, 0.3) is 0 Å². The van der Waals surface area contributed by atoms with E-state index in [9.17, 15) is 14.0 Å². The molecular weight excluding hydrogens is 519 g/mol. The minimum atomic E-state index is -0.245. The van der Waals surface area contributed by atoms with Gasteiger partial charge >= 0.3 is 0 Å². The number of carbonyl (C=O) groups is 2. The normalized spacial score (nSPS) is 19.6. The van der Waals surface area contributed by atoms with E-state index in [1.807, 2.05) is 11.8 Å². The molecule has 30 heavy (non-hydrogen) atoms. The summed E-state index contributed by atoms with van der Waals surface area (Å²) in [6, 6.07) is 10.1. The molecule has 0 aromatic heterocycles. The number of carbonyl (C=O) groups excluding carboxylic acids is 2. The summed E-state index contributed by atoms with van der Waals surface area (Å²) < 4.78 is 20.2. The van der Waals surface area contributed by atoms with Gasteiger partial charge in [-0.1, -0.05) is 28.1 Å². The van der Waals surface area contributed by atoms with E-state index in [2.05, 4.69) is 43.7 Å². The SMILES string of the molecule is C[C@@H]1CN(C(=O)COc2c(Br)cc(Br)cc2C=O)[C@@H](C)CN1Cc1ccc(F)cc1. The van der Waals surface area contributed by atoms with Gasteiger partial charge in [0.1, 0.15) is 11.6 Å². The molecule has 0 saturated carbocycles. The summed E-state index contributed by atoms with van der Waals surface area (Å²) in [5, 5.41) is 0. The van der Waals surface area contributed by atoms with Crippen molar-refractivity contribution in [3.05, 3.63) is 62.3 Å². The van der Waals surface area contributed by atoms with Crippen LogP contribution in [0.5, 0.6) is 5.75 Å². The highest BCUT2D eigenvalue weighted by Crippen LogP contribution is 2.32. The van der Waals surface area contributed by atoms with Crippen LogP contribution in [-0.2, 0) is 11.3 Å². The molecular formula is C22H23Br2FN2O3. The van der Waals surface area contributed by atoms with Crippen LogP contribution in [0.2, 0.25) is 0 Å². The second-order valence-electron chi connectivity index (χ2n) is 7.51. The highest BCUT2D eigenvalue weighted by molar-refractivity contribution is 9.11. The van der Waals surface area contributed by atoms with Gasteiger partial charge in [-0.2, -0.15) is 0 Å². The van der Waals surface area contributed by atoms with Gasteiger partial charge in [-0.15, -0.1) is 0 Å². The van der Waals surface area contributed by atoms with Crippen LogP contribution in [0.15, 0.2) is 45.3 Å². The Labute approximate surface area is 192 Å². The lowest BCUT2D eigenvalue weighted by molar-refractivity contribution is -0.139. The van der Waals surface area contributed by atoms with Crippen LogP contribution in [-0.4, -0.2) is 53.8 Å². The molecule has 8 heteroatoms. The van der Waals surface area contributed by atoms with E-state index in [0.717, 1.165) is 10.0 Å². The average Bonchev–Trinajstić information content (AvgIpc) is 2.70. The Balaban J connectivity index is 1.61. The summed E-state index contributed by atoms with van der Waals surface area (Å²) in [5.41, 5.74) is 1.41. The Bertz CT molecular complexity index is 923. The summed E-state index contributed by atoms with van der Waals surface area (Å²) in [5.74, 6) is -0.00891. The molecule has 0 N–H and O–H groups in total. The molecule has 0 radical (unpaired) electrons. The summed E-state index contributed by atoms with van der Waals surface area (Å²) in [6.07, 6.45) is 0.703. The zero-order valence-corrected chi connectivity index (χ0v) is 19.9. The number of rotatable bonds is 6. The lowest BCUT2D eigenvalue weighted by Crippen LogP contribution is -2.58. The first kappa shape index (κ1) is 22.9. The summed E-state index contributed by atoms with van der Waals surface area (Å²) in [4.78, 5) is 28.3. The maximum atomic E-state index is 13.1. The lowest BCUT2D eigenvalue weighted by Gasteiger charge is -2.44. The molecule has 1 aliphatic heterocycles. The van der Waals surface area contributed by atoms with Crippen LogP contribution >= 0.6 is 31.9 Å². The molecule has 0 unspecified atom stereocenters. The predicted octanol–water partition coefficient (Wildman–Crippen LogP) is 4.66. The van der Waals surface area contributed by atoms with Crippen LogP contribution in [0, 0.1) is 5.82 Å². The fourth-order valence-electron chi connectivity index (χ4n) is 3.63. The molecule has 160 valence electrons. The molecule has 2 aromatic carbocycles. The summed E-state index contributed by atoms with van der Waals surface area (Å²) in [6.45, 7) is 5.94. The van der Waals surface area contributed by atoms with Crippen molar-refractivity contribution in [1.82, 2.24) is 9.80 Å². The molecule has 2 aromatic rings. The van der Waals surface area contributed by atoms with Crippen LogP contribution < -0.4 is 4.74 Å². The average molecular weight is 542 g/mol. The van der Waals surface area contributed by atoms with E-state index in [0.29, 0.717) is 41.7 Å². The first-order valence-corrected chi connectivity index (χ1v) is 11.2. The van der Waals surface area contributed by atoms with E-state index < -0.39 is 0 Å². The van der Waals surface area contributed by atoms with E-state index in [-0.39, 0.29) is 30.4 Å². The van der Waals surface area contributed by atoms with Crippen molar-refractivity contribution in [2.24, 2.45) is 0 Å². The second-order valence-corrected chi connectivity index (χ2v) is 9.28. The number of aldehydes is 1. The topological polar surface area (TPSA) is 49.9 Å². The lowest BCUT2D eigenvalue weighted by atomic mass is 10.1. The first-order chi connectivity index (χ1) is 14.3. The van der Waals surface area contributed by atoms with Crippen molar-refractivity contribution in [2.75, 3.05) is 19.7 Å². The van der Waals surface area contributed by atoms with Crippen molar-refractivity contribution < 1.29 is 18.7 Å². The zero-order chi connectivity index (χ0) is 21.8. The molecule has 1 aliphatic rings. The third kappa shape index (κ3) is 5.47. The van der Waals surface area contributed by atoms with Gasteiger partial charge < -0.3 is 9.64 Å². The molecule has 5 nitrogen and oxygen atoms in total. The van der Waals surface area contributed by atoms with Crippen molar-refractivity contribution in [3.8, 4) is 5.75 Å². The predicted molar refractivity (Wildman–Crippen MR) is 120 cm³/mol. The minimum Gasteiger partial charge on any atom is -0.482 e. The Kier molecular flexibility index (Phi) is 7.65. The fourth-order valence-corrected chi connectivity index (χ4v) is 5.00. The van der Waals surface area contributed by atoms with Crippen LogP contribution in [0.3, 0.4) is 0 Å². The van der Waals surface area contributed by atoms with Crippen molar-refractivity contribution in [3.63, 3.8) is 0 Å². The third-order valence-electron chi connectivity index (χ3n) is 5.24. The molecule has 3 rings (SSSR count).